The Morgan fingerprint density at radius 1 is 0.697 bits per heavy atom. The molecule has 0 aliphatic heterocycles. The van der Waals surface area contributed by atoms with Crippen molar-refractivity contribution in [2.75, 3.05) is 13.2 Å². The Hall–Kier alpha value is -7.19. The minimum atomic E-state index is -0.745. The van der Waals surface area contributed by atoms with Gasteiger partial charge in [-0.05, 0) is 104 Å². The molecule has 332 valence electrons. The summed E-state index contributed by atoms with van der Waals surface area (Å²) >= 11 is 0. The third-order valence-corrected chi connectivity index (χ3v) is 13.9. The van der Waals surface area contributed by atoms with Crippen molar-refractivity contribution >= 4 is 23.5 Å². The molecule has 1 fully saturated rings. The number of fused-ring (bicyclic) bond motifs is 6. The van der Waals surface area contributed by atoms with Crippen LogP contribution in [0.2, 0.25) is 0 Å². The molecule has 5 atom stereocenters. The first-order chi connectivity index (χ1) is 32.3. The quantitative estimate of drug-likeness (QED) is 0.0953. The van der Waals surface area contributed by atoms with Gasteiger partial charge in [0, 0.05) is 11.8 Å². The van der Waals surface area contributed by atoms with Gasteiger partial charge in [0.15, 0.2) is 6.61 Å². The van der Waals surface area contributed by atoms with Crippen LogP contribution in [0.15, 0.2) is 163 Å². The van der Waals surface area contributed by atoms with E-state index in [1.54, 1.807) is 0 Å². The highest BCUT2D eigenvalue weighted by Gasteiger charge is 2.41. The van der Waals surface area contributed by atoms with E-state index in [0.717, 1.165) is 70.2 Å². The van der Waals surface area contributed by atoms with E-state index in [9.17, 15) is 14.4 Å². The number of carbonyl (C=O) groups excluding carboxylic acids is 3. The fraction of sp³-hybridized carbons (Fsp3) is 0.259. The molecule has 4 aliphatic rings. The van der Waals surface area contributed by atoms with E-state index in [0.29, 0.717) is 24.0 Å². The first kappa shape index (κ1) is 42.7. The Kier molecular flexibility index (Phi) is 12.1. The Bertz CT molecular complexity index is 2800. The standard InChI is InChI=1S/C58H55N3O5/c1-3-4-22-53(57(63)60-55(39-15-6-5-7-16-39)40-26-23-37(24-27-40)42-32-50-36(2)51(50)33-42)59-54(62)35-65-43-29-30-45-41(31-43)28-25-38-14-8-9-17-44(38)56(45)61-58(64)66-34-52-48-20-12-10-18-46(48)47-19-11-13-21-49(47)52/h5-21,23-24,26-27,29-33,36,50,52-53,55-56H,3-4,22,25,28,34-35H2,1-2H3,(H,59,62)(H,60,63)(H,61,64)/t36?,50-,53?,55?,56?/m0/s1. The van der Waals surface area contributed by atoms with E-state index in [4.69, 9.17) is 9.47 Å². The van der Waals surface area contributed by atoms with Crippen LogP contribution in [0.4, 0.5) is 4.79 Å². The average molecular weight is 874 g/mol. The molecule has 66 heavy (non-hydrogen) atoms. The third kappa shape index (κ3) is 8.80. The number of carbonyl (C=O) groups is 3. The molecule has 0 spiro atoms. The van der Waals surface area contributed by atoms with Gasteiger partial charge in [0.05, 0.1) is 12.1 Å². The van der Waals surface area contributed by atoms with Crippen molar-refractivity contribution in [3.05, 3.63) is 213 Å². The Morgan fingerprint density at radius 3 is 2.06 bits per heavy atom. The lowest BCUT2D eigenvalue weighted by Crippen LogP contribution is -2.49. The number of hydrogen-bond donors (Lipinski definition) is 3. The predicted octanol–water partition coefficient (Wildman–Crippen LogP) is 11.0. The van der Waals surface area contributed by atoms with Gasteiger partial charge in [-0.2, -0.15) is 0 Å². The second kappa shape index (κ2) is 18.7. The van der Waals surface area contributed by atoms with Crippen LogP contribution in [-0.2, 0) is 27.2 Å². The second-order valence-corrected chi connectivity index (χ2v) is 18.1. The van der Waals surface area contributed by atoms with Gasteiger partial charge in [0.2, 0.25) is 5.91 Å². The number of allylic oxidation sites excluding steroid dienone is 4. The molecule has 3 amide bonds. The number of hydrogen-bond acceptors (Lipinski definition) is 5. The molecule has 4 aliphatic carbocycles. The van der Waals surface area contributed by atoms with E-state index >= 15 is 0 Å². The molecular formula is C58H55N3O5. The summed E-state index contributed by atoms with van der Waals surface area (Å²) in [7, 11) is 0. The lowest BCUT2D eigenvalue weighted by molar-refractivity contribution is -0.130. The van der Waals surface area contributed by atoms with Gasteiger partial charge in [-0.15, -0.1) is 0 Å². The van der Waals surface area contributed by atoms with Crippen molar-refractivity contribution < 1.29 is 23.9 Å². The maximum absolute atomic E-state index is 14.1. The number of amides is 3. The Morgan fingerprint density at radius 2 is 1.35 bits per heavy atom. The molecule has 1 saturated carbocycles. The van der Waals surface area contributed by atoms with Crippen LogP contribution in [-0.4, -0.2) is 37.2 Å². The van der Waals surface area contributed by atoms with Crippen LogP contribution in [0.25, 0.3) is 16.7 Å². The summed E-state index contributed by atoms with van der Waals surface area (Å²) in [6.07, 6.45) is 7.81. The zero-order valence-corrected chi connectivity index (χ0v) is 37.5. The Balaban J connectivity index is 0.800. The van der Waals surface area contributed by atoms with Gasteiger partial charge in [-0.25, -0.2) is 4.79 Å². The number of benzene rings is 6. The second-order valence-electron chi connectivity index (χ2n) is 18.1. The number of alkyl carbamates (subject to hydrolysis) is 1. The molecule has 6 aromatic carbocycles. The summed E-state index contributed by atoms with van der Waals surface area (Å²) in [6.45, 7) is 4.30. The number of nitrogens with one attached hydrogen (secondary N) is 3. The van der Waals surface area contributed by atoms with Crippen LogP contribution < -0.4 is 20.7 Å². The van der Waals surface area contributed by atoms with Gasteiger partial charge < -0.3 is 25.4 Å². The van der Waals surface area contributed by atoms with Crippen molar-refractivity contribution in [2.24, 2.45) is 11.8 Å². The molecule has 0 heterocycles. The highest BCUT2D eigenvalue weighted by molar-refractivity contribution is 5.89. The molecule has 6 aromatic rings. The molecule has 0 saturated heterocycles. The van der Waals surface area contributed by atoms with E-state index < -0.39 is 24.2 Å². The maximum atomic E-state index is 14.1. The number of ether oxygens (including phenoxy) is 2. The van der Waals surface area contributed by atoms with E-state index in [1.807, 2.05) is 84.9 Å². The molecule has 0 aromatic heterocycles. The van der Waals surface area contributed by atoms with Crippen molar-refractivity contribution in [1.29, 1.82) is 0 Å². The van der Waals surface area contributed by atoms with Crippen molar-refractivity contribution in [3.63, 3.8) is 0 Å². The number of aryl methyl sites for hydroxylation is 2. The molecular weight excluding hydrogens is 819 g/mol. The average Bonchev–Trinajstić information content (AvgIpc) is 3.62. The lowest BCUT2D eigenvalue weighted by Gasteiger charge is -2.25. The maximum Gasteiger partial charge on any atom is 0.407 e. The molecule has 8 nitrogen and oxygen atoms in total. The monoisotopic (exact) mass is 873 g/mol. The van der Waals surface area contributed by atoms with Crippen LogP contribution in [0, 0.1) is 11.8 Å². The van der Waals surface area contributed by atoms with Crippen molar-refractivity contribution in [3.8, 4) is 16.9 Å². The van der Waals surface area contributed by atoms with E-state index in [1.165, 1.54) is 27.8 Å². The summed E-state index contributed by atoms with van der Waals surface area (Å²) in [5, 5.41) is 9.48. The SMILES string of the molecule is CCCCC(NC(=O)COc1ccc2c(c1)CCc1ccccc1C2NC(=O)OCC1c2ccccc2-c2ccccc21)C(=O)NC(c1ccccc1)c1ccc(C2=C[C@@H]3C(=C2)C3C)cc1. The number of unbranched alkanes of at least 4 members (excludes halogenated alkanes) is 1. The summed E-state index contributed by atoms with van der Waals surface area (Å²) in [4.78, 5) is 41.5. The predicted molar refractivity (Wildman–Crippen MR) is 259 cm³/mol. The first-order valence-corrected chi connectivity index (χ1v) is 23.5. The minimum Gasteiger partial charge on any atom is -0.484 e. The fourth-order valence-corrected chi connectivity index (χ4v) is 10.3. The summed E-state index contributed by atoms with van der Waals surface area (Å²) in [6, 6.07) is 47.4. The Labute approximate surface area is 387 Å². The van der Waals surface area contributed by atoms with Gasteiger partial charge in [-0.1, -0.05) is 178 Å². The molecule has 10 rings (SSSR count). The lowest BCUT2D eigenvalue weighted by atomic mass is 9.94. The zero-order valence-electron chi connectivity index (χ0n) is 37.5. The van der Waals surface area contributed by atoms with Crippen molar-refractivity contribution in [1.82, 2.24) is 16.0 Å². The summed E-state index contributed by atoms with van der Waals surface area (Å²) in [5.74, 6) is 1.11. The smallest absolute Gasteiger partial charge is 0.407 e. The number of rotatable bonds is 15. The van der Waals surface area contributed by atoms with Gasteiger partial charge >= 0.3 is 6.09 Å². The summed E-state index contributed by atoms with van der Waals surface area (Å²) < 4.78 is 12.1. The fourth-order valence-electron chi connectivity index (χ4n) is 10.3. The van der Waals surface area contributed by atoms with E-state index in [-0.39, 0.29) is 30.9 Å². The topological polar surface area (TPSA) is 106 Å². The highest BCUT2D eigenvalue weighted by Crippen LogP contribution is 2.53. The summed E-state index contributed by atoms with van der Waals surface area (Å²) in [5.41, 5.74) is 14.7. The highest BCUT2D eigenvalue weighted by atomic mass is 16.5. The van der Waals surface area contributed by atoms with Gasteiger partial charge in [-0.3, -0.25) is 9.59 Å². The van der Waals surface area contributed by atoms with E-state index in [2.05, 4.69) is 103 Å². The molecule has 0 bridgehead atoms. The largest absolute Gasteiger partial charge is 0.484 e. The minimum absolute atomic E-state index is 0.0495. The third-order valence-electron chi connectivity index (χ3n) is 13.9. The van der Waals surface area contributed by atoms with Crippen molar-refractivity contribution in [2.45, 2.75) is 70.0 Å². The van der Waals surface area contributed by atoms with Crippen LogP contribution in [0.5, 0.6) is 5.75 Å². The van der Waals surface area contributed by atoms with Crippen LogP contribution >= 0.6 is 0 Å². The molecule has 0 radical (unpaired) electrons. The first-order valence-electron chi connectivity index (χ1n) is 23.5. The van der Waals surface area contributed by atoms with Gasteiger partial charge in [0.1, 0.15) is 18.4 Å². The van der Waals surface area contributed by atoms with Crippen LogP contribution in [0.3, 0.4) is 0 Å². The van der Waals surface area contributed by atoms with Crippen LogP contribution in [0.1, 0.15) is 101 Å². The molecule has 8 heteroatoms. The van der Waals surface area contributed by atoms with Gasteiger partial charge in [0.25, 0.3) is 5.91 Å². The zero-order chi connectivity index (χ0) is 45.1. The molecule has 4 unspecified atom stereocenters. The molecule has 3 N–H and O–H groups in total. The normalized spacial score (nSPS) is 18.4.